The highest BCUT2D eigenvalue weighted by atomic mass is 16.5. The Morgan fingerprint density at radius 1 is 1.48 bits per heavy atom. The van der Waals surface area contributed by atoms with Crippen molar-refractivity contribution in [3.05, 3.63) is 28.0 Å². The Kier molecular flexibility index (Phi) is 3.53. The SMILES string of the molecule is CCOC(=O)c1c(C)oc2ncn(C3CCCC3)c(=O)c12. The number of hydrogen-bond donors (Lipinski definition) is 0. The molecule has 0 atom stereocenters. The van der Waals surface area contributed by atoms with Gasteiger partial charge in [-0.25, -0.2) is 9.78 Å². The average Bonchev–Trinajstić information content (AvgIpc) is 3.06. The number of esters is 1. The summed E-state index contributed by atoms with van der Waals surface area (Å²) in [5, 5.41) is 0.236. The summed E-state index contributed by atoms with van der Waals surface area (Å²) in [6.45, 7) is 3.62. The Hall–Kier alpha value is -2.11. The van der Waals surface area contributed by atoms with Crippen molar-refractivity contribution in [2.75, 3.05) is 6.61 Å². The quantitative estimate of drug-likeness (QED) is 0.812. The zero-order valence-electron chi connectivity index (χ0n) is 12.2. The van der Waals surface area contributed by atoms with Gasteiger partial charge in [-0.15, -0.1) is 0 Å². The molecule has 0 radical (unpaired) electrons. The molecular formula is C15H18N2O4. The van der Waals surface area contributed by atoms with Crippen LogP contribution in [0.3, 0.4) is 0 Å². The largest absolute Gasteiger partial charge is 0.462 e. The smallest absolute Gasteiger partial charge is 0.342 e. The highest BCUT2D eigenvalue weighted by molar-refractivity contribution is 6.03. The number of aryl methyl sites for hydroxylation is 1. The molecule has 1 saturated carbocycles. The molecule has 0 aliphatic heterocycles. The Morgan fingerprint density at radius 3 is 2.86 bits per heavy atom. The predicted octanol–water partition coefficient (Wildman–Crippen LogP) is 2.59. The van der Waals surface area contributed by atoms with Crippen molar-refractivity contribution in [2.45, 2.75) is 45.6 Å². The van der Waals surface area contributed by atoms with Crippen LogP contribution in [0.15, 0.2) is 15.5 Å². The van der Waals surface area contributed by atoms with Crippen LogP contribution in [0.25, 0.3) is 11.1 Å². The minimum Gasteiger partial charge on any atom is -0.462 e. The molecule has 1 aliphatic rings. The third kappa shape index (κ3) is 2.24. The average molecular weight is 290 g/mol. The molecule has 6 nitrogen and oxygen atoms in total. The van der Waals surface area contributed by atoms with Crippen molar-refractivity contribution >= 4 is 17.1 Å². The maximum Gasteiger partial charge on any atom is 0.342 e. The van der Waals surface area contributed by atoms with Gasteiger partial charge in [-0.2, -0.15) is 0 Å². The lowest BCUT2D eigenvalue weighted by atomic mass is 10.2. The van der Waals surface area contributed by atoms with Crippen LogP contribution in [0.1, 0.15) is 54.8 Å². The molecule has 0 bridgehead atoms. The van der Waals surface area contributed by atoms with Crippen molar-refractivity contribution < 1.29 is 13.9 Å². The van der Waals surface area contributed by atoms with Crippen molar-refractivity contribution in [2.24, 2.45) is 0 Å². The summed E-state index contributed by atoms with van der Waals surface area (Å²) >= 11 is 0. The molecule has 0 spiro atoms. The van der Waals surface area contributed by atoms with Gasteiger partial charge in [-0.05, 0) is 26.7 Å². The maximum atomic E-state index is 12.7. The number of hydrogen-bond acceptors (Lipinski definition) is 5. The number of nitrogens with zero attached hydrogens (tertiary/aromatic N) is 2. The summed E-state index contributed by atoms with van der Waals surface area (Å²) < 4.78 is 12.1. The van der Waals surface area contributed by atoms with Crippen LogP contribution in [0.2, 0.25) is 0 Å². The number of rotatable bonds is 3. The van der Waals surface area contributed by atoms with Crippen LogP contribution >= 0.6 is 0 Å². The lowest BCUT2D eigenvalue weighted by molar-refractivity contribution is 0.0526. The molecular weight excluding hydrogens is 272 g/mol. The molecule has 21 heavy (non-hydrogen) atoms. The Bertz CT molecular complexity index is 738. The van der Waals surface area contributed by atoms with E-state index in [0.717, 1.165) is 25.7 Å². The number of fused-ring (bicyclic) bond motifs is 1. The van der Waals surface area contributed by atoms with E-state index in [9.17, 15) is 9.59 Å². The maximum absolute atomic E-state index is 12.7. The summed E-state index contributed by atoms with van der Waals surface area (Å²) in [6.07, 6.45) is 5.70. The molecule has 2 aromatic heterocycles. The Labute approximate surface area is 121 Å². The number of aromatic nitrogens is 2. The zero-order chi connectivity index (χ0) is 15.0. The van der Waals surface area contributed by atoms with Crippen LogP contribution in [-0.4, -0.2) is 22.1 Å². The van der Waals surface area contributed by atoms with E-state index in [0.29, 0.717) is 5.76 Å². The molecule has 6 heteroatoms. The molecule has 1 aliphatic carbocycles. The first-order valence-corrected chi connectivity index (χ1v) is 7.30. The van der Waals surface area contributed by atoms with Gasteiger partial charge in [0.25, 0.3) is 5.56 Å². The number of carbonyl (C=O) groups is 1. The molecule has 2 heterocycles. The molecule has 0 amide bonds. The van der Waals surface area contributed by atoms with E-state index < -0.39 is 5.97 Å². The minimum atomic E-state index is -0.531. The fourth-order valence-corrected chi connectivity index (χ4v) is 3.01. The molecule has 0 saturated heterocycles. The van der Waals surface area contributed by atoms with Gasteiger partial charge < -0.3 is 9.15 Å². The van der Waals surface area contributed by atoms with Crippen LogP contribution in [0, 0.1) is 6.92 Å². The highest BCUT2D eigenvalue weighted by Gasteiger charge is 2.26. The normalized spacial score (nSPS) is 15.7. The number of ether oxygens (including phenoxy) is 1. The molecule has 2 aromatic rings. The number of carbonyl (C=O) groups excluding carboxylic acids is 1. The second kappa shape index (κ2) is 5.35. The zero-order valence-corrected chi connectivity index (χ0v) is 12.2. The lowest BCUT2D eigenvalue weighted by Gasteiger charge is -2.12. The summed E-state index contributed by atoms with van der Waals surface area (Å²) in [7, 11) is 0. The van der Waals surface area contributed by atoms with Gasteiger partial charge in [0.05, 0.1) is 6.61 Å². The predicted molar refractivity (Wildman–Crippen MR) is 76.5 cm³/mol. The van der Waals surface area contributed by atoms with Gasteiger partial charge in [-0.3, -0.25) is 9.36 Å². The first-order valence-electron chi connectivity index (χ1n) is 7.30. The monoisotopic (exact) mass is 290 g/mol. The number of furan rings is 1. The van der Waals surface area contributed by atoms with Gasteiger partial charge in [0.15, 0.2) is 0 Å². The molecule has 0 unspecified atom stereocenters. The van der Waals surface area contributed by atoms with Gasteiger partial charge in [0.2, 0.25) is 5.71 Å². The minimum absolute atomic E-state index is 0.166. The Balaban J connectivity index is 2.19. The van der Waals surface area contributed by atoms with E-state index in [1.54, 1.807) is 18.4 Å². The van der Waals surface area contributed by atoms with Crippen molar-refractivity contribution in [1.82, 2.24) is 9.55 Å². The van der Waals surface area contributed by atoms with Gasteiger partial charge >= 0.3 is 5.97 Å². The Morgan fingerprint density at radius 2 is 2.19 bits per heavy atom. The van der Waals surface area contributed by atoms with Crippen LogP contribution in [0.5, 0.6) is 0 Å². The second-order valence-electron chi connectivity index (χ2n) is 5.33. The van der Waals surface area contributed by atoms with E-state index in [1.807, 2.05) is 0 Å². The van der Waals surface area contributed by atoms with E-state index in [-0.39, 0.29) is 34.9 Å². The molecule has 1 fully saturated rings. The first-order chi connectivity index (χ1) is 10.1. The fourth-order valence-electron chi connectivity index (χ4n) is 3.01. The van der Waals surface area contributed by atoms with Crippen molar-refractivity contribution in [3.63, 3.8) is 0 Å². The summed E-state index contributed by atoms with van der Waals surface area (Å²) in [5.74, 6) is -0.158. The van der Waals surface area contributed by atoms with Gasteiger partial charge in [0.1, 0.15) is 23.0 Å². The van der Waals surface area contributed by atoms with E-state index >= 15 is 0 Å². The molecule has 3 rings (SSSR count). The molecule has 0 aromatic carbocycles. The van der Waals surface area contributed by atoms with E-state index in [4.69, 9.17) is 9.15 Å². The van der Waals surface area contributed by atoms with E-state index in [1.165, 1.54) is 6.33 Å². The second-order valence-corrected chi connectivity index (χ2v) is 5.33. The summed E-state index contributed by atoms with van der Waals surface area (Å²) in [4.78, 5) is 29.0. The molecule has 0 N–H and O–H groups in total. The first kappa shape index (κ1) is 13.9. The van der Waals surface area contributed by atoms with Crippen molar-refractivity contribution in [3.8, 4) is 0 Å². The fraction of sp³-hybridized carbons (Fsp3) is 0.533. The van der Waals surface area contributed by atoms with Crippen molar-refractivity contribution in [1.29, 1.82) is 0 Å². The van der Waals surface area contributed by atoms with Crippen LogP contribution < -0.4 is 5.56 Å². The summed E-state index contributed by atoms with van der Waals surface area (Å²) in [6, 6.07) is 0.166. The van der Waals surface area contributed by atoms with Crippen LogP contribution in [0.4, 0.5) is 0 Å². The topological polar surface area (TPSA) is 74.3 Å². The third-order valence-electron chi connectivity index (χ3n) is 4.01. The van der Waals surface area contributed by atoms with Crippen LogP contribution in [-0.2, 0) is 4.74 Å². The van der Waals surface area contributed by atoms with E-state index in [2.05, 4.69) is 4.98 Å². The highest BCUT2D eigenvalue weighted by Crippen LogP contribution is 2.29. The van der Waals surface area contributed by atoms with Gasteiger partial charge in [-0.1, -0.05) is 12.8 Å². The van der Waals surface area contributed by atoms with Gasteiger partial charge in [0, 0.05) is 6.04 Å². The standard InChI is InChI=1S/C15H18N2O4/c1-3-20-15(19)11-9(2)21-13-12(11)14(18)17(8-16-13)10-6-4-5-7-10/h8,10H,3-7H2,1-2H3. The lowest BCUT2D eigenvalue weighted by Crippen LogP contribution is -2.24. The summed E-state index contributed by atoms with van der Waals surface area (Å²) in [5.41, 5.74) is 0.193. The third-order valence-corrected chi connectivity index (χ3v) is 4.01. The molecule has 112 valence electrons.